The fraction of sp³-hybridized carbons (Fsp3) is 0.863. The van der Waals surface area contributed by atoms with Gasteiger partial charge in [-0.15, -0.1) is 0 Å². The molecule has 9 heteroatoms. The summed E-state index contributed by atoms with van der Waals surface area (Å²) in [6, 6.07) is 0. The predicted molar refractivity (Wildman–Crippen MR) is 247 cm³/mol. The lowest BCUT2D eigenvalue weighted by atomic mass is 9.99. The first-order valence-electron chi connectivity index (χ1n) is 25.1. The van der Waals surface area contributed by atoms with Crippen LogP contribution in [0.25, 0.3) is 0 Å². The molecule has 0 spiro atoms. The second kappa shape index (κ2) is 42.7. The van der Waals surface area contributed by atoms with Crippen molar-refractivity contribution in [3.63, 3.8) is 0 Å². The van der Waals surface area contributed by atoms with Gasteiger partial charge in [0.2, 0.25) is 0 Å². The second-order valence-corrected chi connectivity index (χ2v) is 17.3. The molecule has 0 aromatic carbocycles. The third kappa shape index (κ3) is 33.0. The number of rotatable bonds is 43. The SMILES string of the molecule is CCCCCC/C=C\CCCCCCCCOCC(COC1OC(CO)C(O)C(O)C1O)OC(=O)CCCCCCCCCCCCC/C=C\C/C=C\CCCCCCC. The minimum Gasteiger partial charge on any atom is -0.457 e. The smallest absolute Gasteiger partial charge is 0.306 e. The Morgan fingerprint density at radius 3 is 1.47 bits per heavy atom. The van der Waals surface area contributed by atoms with Crippen molar-refractivity contribution in [2.75, 3.05) is 26.4 Å². The molecule has 1 heterocycles. The van der Waals surface area contributed by atoms with Gasteiger partial charge in [0.1, 0.15) is 30.5 Å². The Labute approximate surface area is 368 Å². The maximum atomic E-state index is 12.8. The molecule has 6 unspecified atom stereocenters. The highest BCUT2D eigenvalue weighted by Crippen LogP contribution is 2.23. The zero-order valence-electron chi connectivity index (χ0n) is 38.7. The summed E-state index contributed by atoms with van der Waals surface area (Å²) in [6.45, 7) is 4.54. The third-order valence-corrected chi connectivity index (χ3v) is 11.5. The van der Waals surface area contributed by atoms with Crippen molar-refractivity contribution in [3.8, 4) is 0 Å². The van der Waals surface area contributed by atoms with Crippen molar-refractivity contribution in [2.45, 2.75) is 256 Å². The van der Waals surface area contributed by atoms with Crippen LogP contribution in [0.15, 0.2) is 36.5 Å². The molecule has 1 rings (SSSR count). The van der Waals surface area contributed by atoms with Crippen LogP contribution in [0.3, 0.4) is 0 Å². The van der Waals surface area contributed by atoms with Gasteiger partial charge in [0.25, 0.3) is 0 Å². The van der Waals surface area contributed by atoms with Gasteiger partial charge in [0.15, 0.2) is 6.29 Å². The first-order chi connectivity index (χ1) is 29.4. The molecule has 4 N–H and O–H groups in total. The van der Waals surface area contributed by atoms with Crippen LogP contribution in [0.2, 0.25) is 0 Å². The normalized spacial score (nSPS) is 20.3. The van der Waals surface area contributed by atoms with Crippen molar-refractivity contribution in [1.29, 1.82) is 0 Å². The molecule has 0 amide bonds. The fourth-order valence-corrected chi connectivity index (χ4v) is 7.58. The topological polar surface area (TPSA) is 135 Å². The van der Waals surface area contributed by atoms with E-state index in [-0.39, 0.29) is 19.2 Å². The van der Waals surface area contributed by atoms with Crippen molar-refractivity contribution in [1.82, 2.24) is 0 Å². The number of unbranched alkanes of at least 4 members (excludes halogenated alkanes) is 26. The fourth-order valence-electron chi connectivity index (χ4n) is 7.58. The van der Waals surface area contributed by atoms with E-state index in [4.69, 9.17) is 18.9 Å². The highest BCUT2D eigenvalue weighted by atomic mass is 16.7. The number of hydrogen-bond acceptors (Lipinski definition) is 9. The van der Waals surface area contributed by atoms with E-state index in [1.165, 1.54) is 161 Å². The molecular weight excluding hydrogens is 757 g/mol. The highest BCUT2D eigenvalue weighted by Gasteiger charge is 2.44. The molecule has 6 atom stereocenters. The van der Waals surface area contributed by atoms with E-state index in [0.717, 1.165) is 38.5 Å². The first kappa shape index (κ1) is 56.4. The average Bonchev–Trinajstić information content (AvgIpc) is 3.25. The average molecular weight is 851 g/mol. The van der Waals surface area contributed by atoms with E-state index in [0.29, 0.717) is 13.0 Å². The van der Waals surface area contributed by atoms with E-state index in [9.17, 15) is 25.2 Å². The minimum absolute atomic E-state index is 0.115. The summed E-state index contributed by atoms with van der Waals surface area (Å²) in [5, 5.41) is 40.2. The van der Waals surface area contributed by atoms with Crippen molar-refractivity contribution < 1.29 is 44.2 Å². The Kier molecular flexibility index (Phi) is 40.2. The second-order valence-electron chi connectivity index (χ2n) is 17.3. The quantitative estimate of drug-likeness (QED) is 0.0269. The zero-order chi connectivity index (χ0) is 43.6. The van der Waals surface area contributed by atoms with Gasteiger partial charge in [-0.3, -0.25) is 4.79 Å². The molecule has 60 heavy (non-hydrogen) atoms. The van der Waals surface area contributed by atoms with Crippen LogP contribution in [0.1, 0.15) is 219 Å². The minimum atomic E-state index is -1.54. The molecule has 1 aliphatic heterocycles. The maximum absolute atomic E-state index is 12.8. The van der Waals surface area contributed by atoms with Crippen molar-refractivity contribution in [2.24, 2.45) is 0 Å². The summed E-state index contributed by atoms with van der Waals surface area (Å²) in [7, 11) is 0. The zero-order valence-corrected chi connectivity index (χ0v) is 38.7. The molecule has 0 aromatic rings. The number of carbonyl (C=O) groups is 1. The molecule has 0 saturated carbocycles. The van der Waals surface area contributed by atoms with E-state index >= 15 is 0 Å². The van der Waals surface area contributed by atoms with Gasteiger partial charge >= 0.3 is 5.97 Å². The van der Waals surface area contributed by atoms with Gasteiger partial charge < -0.3 is 39.4 Å². The summed E-state index contributed by atoms with van der Waals surface area (Å²) in [5.41, 5.74) is 0. The molecule has 1 saturated heterocycles. The summed E-state index contributed by atoms with van der Waals surface area (Å²) in [5.74, 6) is -0.317. The number of allylic oxidation sites excluding steroid dienone is 6. The first-order valence-corrected chi connectivity index (χ1v) is 25.1. The number of carbonyl (C=O) groups excluding carboxylic acids is 1. The van der Waals surface area contributed by atoms with Crippen LogP contribution >= 0.6 is 0 Å². The van der Waals surface area contributed by atoms with Gasteiger partial charge in [0, 0.05) is 13.0 Å². The molecule has 1 fully saturated rings. The largest absolute Gasteiger partial charge is 0.457 e. The van der Waals surface area contributed by atoms with Crippen LogP contribution in [0.4, 0.5) is 0 Å². The van der Waals surface area contributed by atoms with Crippen LogP contribution in [-0.2, 0) is 23.7 Å². The number of aliphatic hydroxyl groups excluding tert-OH is 4. The van der Waals surface area contributed by atoms with Gasteiger partial charge in [-0.2, -0.15) is 0 Å². The number of aliphatic hydroxyl groups is 4. The summed E-state index contributed by atoms with van der Waals surface area (Å²) in [4.78, 5) is 12.8. The molecular formula is C51H94O9. The van der Waals surface area contributed by atoms with E-state index in [2.05, 4.69) is 50.3 Å². The van der Waals surface area contributed by atoms with Gasteiger partial charge in [-0.1, -0.05) is 179 Å². The van der Waals surface area contributed by atoms with Crippen LogP contribution in [-0.4, -0.2) is 89.6 Å². The number of ether oxygens (including phenoxy) is 4. The molecule has 0 bridgehead atoms. The molecule has 352 valence electrons. The third-order valence-electron chi connectivity index (χ3n) is 11.5. The Balaban J connectivity index is 2.20. The van der Waals surface area contributed by atoms with E-state index in [1.807, 2.05) is 0 Å². The van der Waals surface area contributed by atoms with Crippen molar-refractivity contribution in [3.05, 3.63) is 36.5 Å². The Bertz CT molecular complexity index is 1010. The lowest BCUT2D eigenvalue weighted by Crippen LogP contribution is -2.59. The predicted octanol–water partition coefficient (Wildman–Crippen LogP) is 11.9. The van der Waals surface area contributed by atoms with E-state index < -0.39 is 43.4 Å². The standard InChI is InChI=1S/C51H94O9/c1-3-5-7-9-11-13-15-17-19-20-21-22-23-24-25-26-27-28-30-32-34-36-38-40-47(53)59-45(44-58-51-50(56)49(55)48(54)46(42-52)60-51)43-57-41-39-37-35-33-31-29-18-16-14-12-10-8-6-4-2/h14-17,20-21,45-46,48-52,54-56H,3-13,18-19,22-44H2,1-2H3/b16-14-,17-15-,21-20-. The molecule has 1 aliphatic rings. The summed E-state index contributed by atoms with van der Waals surface area (Å²) >= 11 is 0. The number of hydrogen-bond donors (Lipinski definition) is 4. The summed E-state index contributed by atoms with van der Waals surface area (Å²) in [6.07, 6.45) is 44.6. The van der Waals surface area contributed by atoms with Gasteiger partial charge in [-0.25, -0.2) is 0 Å². The lowest BCUT2D eigenvalue weighted by Gasteiger charge is -2.39. The van der Waals surface area contributed by atoms with Gasteiger partial charge in [0.05, 0.1) is 19.8 Å². The molecule has 0 aliphatic carbocycles. The van der Waals surface area contributed by atoms with Crippen LogP contribution in [0, 0.1) is 0 Å². The lowest BCUT2D eigenvalue weighted by molar-refractivity contribution is -0.305. The van der Waals surface area contributed by atoms with Gasteiger partial charge in [-0.05, 0) is 70.6 Å². The maximum Gasteiger partial charge on any atom is 0.306 e. The summed E-state index contributed by atoms with van der Waals surface area (Å²) < 4.78 is 22.9. The van der Waals surface area contributed by atoms with E-state index in [1.54, 1.807) is 0 Å². The Hall–Kier alpha value is -1.59. The monoisotopic (exact) mass is 851 g/mol. The van der Waals surface area contributed by atoms with Crippen molar-refractivity contribution >= 4 is 5.97 Å². The molecule has 9 nitrogen and oxygen atoms in total. The molecule has 0 radical (unpaired) electrons. The Morgan fingerprint density at radius 1 is 0.533 bits per heavy atom. The highest BCUT2D eigenvalue weighted by molar-refractivity contribution is 5.69. The van der Waals surface area contributed by atoms with Crippen LogP contribution in [0.5, 0.6) is 0 Å². The van der Waals surface area contributed by atoms with Crippen LogP contribution < -0.4 is 0 Å². The Morgan fingerprint density at radius 2 is 0.967 bits per heavy atom. The number of esters is 1. The molecule has 0 aromatic heterocycles.